The average molecular weight is 192 g/mol. The smallest absolute Gasteiger partial charge is 0.0866 e. The summed E-state index contributed by atoms with van der Waals surface area (Å²) in [5.41, 5.74) is 0. The van der Waals surface area contributed by atoms with Gasteiger partial charge in [0, 0.05) is 32.6 Å². The van der Waals surface area contributed by atoms with Crippen LogP contribution in [0.25, 0.3) is 0 Å². The summed E-state index contributed by atoms with van der Waals surface area (Å²) in [6.45, 7) is 5.42. The van der Waals surface area contributed by atoms with Crippen LogP contribution in [0.2, 0.25) is 0 Å². The Morgan fingerprint density at radius 3 is 2.36 bits per heavy atom. The van der Waals surface area contributed by atoms with E-state index >= 15 is 0 Å². The van der Waals surface area contributed by atoms with Gasteiger partial charge in [0.1, 0.15) is 0 Å². The molecule has 76 valence electrons. The maximum atomic E-state index is 8.57. The molecule has 4 heteroatoms. The van der Waals surface area contributed by atoms with E-state index in [4.69, 9.17) is 10.5 Å². The van der Waals surface area contributed by atoms with Gasteiger partial charge in [-0.25, -0.2) is 0 Å². The molecule has 0 unspecified atom stereocenters. The number of hydrogen-bond acceptors (Lipinski definition) is 4. The topological polar surface area (TPSA) is 54.1 Å². The Morgan fingerprint density at radius 2 is 1.64 bits per heavy atom. The van der Waals surface area contributed by atoms with E-state index < -0.39 is 0 Å². The molecule has 0 aliphatic carbocycles. The van der Waals surface area contributed by atoms with Gasteiger partial charge in [0.05, 0.1) is 18.7 Å². The summed E-state index contributed by atoms with van der Waals surface area (Å²) in [4.78, 5) is 4.48. The SMILES string of the molecule is N#CCCN1CCCN(CC#N)CC1. The first kappa shape index (κ1) is 11.0. The molecule has 0 bridgehead atoms. The molecule has 0 spiro atoms. The van der Waals surface area contributed by atoms with Gasteiger partial charge < -0.3 is 4.90 Å². The van der Waals surface area contributed by atoms with Crippen LogP contribution in [0.1, 0.15) is 12.8 Å². The Kier molecular flexibility index (Phi) is 4.99. The number of nitrogens with zero attached hydrogens (tertiary/aromatic N) is 4. The van der Waals surface area contributed by atoms with Crippen molar-refractivity contribution in [1.82, 2.24) is 9.80 Å². The normalized spacial score (nSPS) is 19.6. The number of nitriles is 2. The summed E-state index contributed by atoms with van der Waals surface area (Å²) in [5, 5.41) is 17.0. The Bertz CT molecular complexity index is 237. The minimum atomic E-state index is 0.534. The molecule has 0 N–H and O–H groups in total. The summed E-state index contributed by atoms with van der Waals surface area (Å²) in [7, 11) is 0. The van der Waals surface area contributed by atoms with E-state index in [-0.39, 0.29) is 0 Å². The van der Waals surface area contributed by atoms with E-state index in [0.29, 0.717) is 13.0 Å². The van der Waals surface area contributed by atoms with Crippen molar-refractivity contribution >= 4 is 0 Å². The standard InChI is InChI=1S/C10H16N4/c11-3-1-5-13-6-2-7-14(8-4-12)10-9-13/h1-2,5-10H2. The Balaban J connectivity index is 2.27. The third-order valence-corrected chi connectivity index (χ3v) is 2.52. The molecule has 0 saturated carbocycles. The molecule has 0 aromatic rings. The van der Waals surface area contributed by atoms with Crippen molar-refractivity contribution in [2.75, 3.05) is 39.3 Å². The van der Waals surface area contributed by atoms with Crippen LogP contribution >= 0.6 is 0 Å². The van der Waals surface area contributed by atoms with Crippen molar-refractivity contribution in [3.05, 3.63) is 0 Å². The van der Waals surface area contributed by atoms with Crippen LogP contribution in [0.5, 0.6) is 0 Å². The lowest BCUT2D eigenvalue weighted by atomic mass is 10.3. The Morgan fingerprint density at radius 1 is 0.929 bits per heavy atom. The zero-order chi connectivity index (χ0) is 10.2. The molecule has 14 heavy (non-hydrogen) atoms. The summed E-state index contributed by atoms with van der Waals surface area (Å²) >= 11 is 0. The van der Waals surface area contributed by atoms with Gasteiger partial charge in [-0.3, -0.25) is 4.90 Å². The van der Waals surface area contributed by atoms with Crippen molar-refractivity contribution in [2.45, 2.75) is 12.8 Å². The fraction of sp³-hybridized carbons (Fsp3) is 0.800. The van der Waals surface area contributed by atoms with Crippen molar-refractivity contribution in [2.24, 2.45) is 0 Å². The third-order valence-electron chi connectivity index (χ3n) is 2.52. The van der Waals surface area contributed by atoms with E-state index in [1.165, 1.54) is 0 Å². The first-order valence-corrected chi connectivity index (χ1v) is 5.05. The molecule has 0 atom stereocenters. The molecule has 1 saturated heterocycles. The van der Waals surface area contributed by atoms with Gasteiger partial charge in [0.2, 0.25) is 0 Å². The van der Waals surface area contributed by atoms with Gasteiger partial charge in [-0.05, 0) is 13.0 Å². The van der Waals surface area contributed by atoms with Gasteiger partial charge in [0.15, 0.2) is 0 Å². The van der Waals surface area contributed by atoms with Crippen LogP contribution in [0.3, 0.4) is 0 Å². The molecule has 4 nitrogen and oxygen atoms in total. The van der Waals surface area contributed by atoms with Crippen LogP contribution in [0.15, 0.2) is 0 Å². The van der Waals surface area contributed by atoms with Crippen molar-refractivity contribution < 1.29 is 0 Å². The molecule has 1 heterocycles. The quantitative estimate of drug-likeness (QED) is 0.608. The van der Waals surface area contributed by atoms with Crippen LogP contribution in [0.4, 0.5) is 0 Å². The van der Waals surface area contributed by atoms with Crippen molar-refractivity contribution in [3.8, 4) is 12.1 Å². The summed E-state index contributed by atoms with van der Waals surface area (Å²) in [5.74, 6) is 0. The van der Waals surface area contributed by atoms with Crippen LogP contribution in [-0.2, 0) is 0 Å². The minimum absolute atomic E-state index is 0.534. The minimum Gasteiger partial charge on any atom is -0.301 e. The van der Waals surface area contributed by atoms with E-state index in [9.17, 15) is 0 Å². The second kappa shape index (κ2) is 6.37. The predicted molar refractivity (Wildman–Crippen MR) is 53.3 cm³/mol. The van der Waals surface area contributed by atoms with E-state index in [1.807, 2.05) is 0 Å². The molecule has 1 fully saturated rings. The third kappa shape index (κ3) is 3.74. The fourth-order valence-electron chi connectivity index (χ4n) is 1.71. The lowest BCUT2D eigenvalue weighted by Crippen LogP contribution is -2.31. The van der Waals surface area contributed by atoms with Crippen LogP contribution < -0.4 is 0 Å². The molecule has 0 amide bonds. The molecule has 0 aromatic carbocycles. The second-order valence-electron chi connectivity index (χ2n) is 3.54. The van der Waals surface area contributed by atoms with Gasteiger partial charge in [0.25, 0.3) is 0 Å². The van der Waals surface area contributed by atoms with Gasteiger partial charge in [-0.15, -0.1) is 0 Å². The number of rotatable bonds is 3. The zero-order valence-electron chi connectivity index (χ0n) is 8.45. The van der Waals surface area contributed by atoms with Crippen LogP contribution in [0, 0.1) is 22.7 Å². The summed E-state index contributed by atoms with van der Waals surface area (Å²) in [6, 6.07) is 4.34. The van der Waals surface area contributed by atoms with E-state index in [0.717, 1.165) is 39.1 Å². The molecular formula is C10H16N4. The highest BCUT2D eigenvalue weighted by atomic mass is 15.2. The monoisotopic (exact) mass is 192 g/mol. The van der Waals surface area contributed by atoms with Gasteiger partial charge >= 0.3 is 0 Å². The fourth-order valence-corrected chi connectivity index (χ4v) is 1.71. The zero-order valence-corrected chi connectivity index (χ0v) is 8.45. The lowest BCUT2D eigenvalue weighted by molar-refractivity contribution is 0.274. The largest absolute Gasteiger partial charge is 0.301 e. The van der Waals surface area contributed by atoms with Crippen molar-refractivity contribution in [3.63, 3.8) is 0 Å². The molecule has 1 aliphatic heterocycles. The first-order chi connectivity index (χ1) is 6.86. The number of hydrogen-bond donors (Lipinski definition) is 0. The highest BCUT2D eigenvalue weighted by molar-refractivity contribution is 4.80. The highest BCUT2D eigenvalue weighted by Crippen LogP contribution is 2.02. The molecular weight excluding hydrogens is 176 g/mol. The van der Waals surface area contributed by atoms with Crippen LogP contribution in [-0.4, -0.2) is 49.1 Å². The maximum Gasteiger partial charge on any atom is 0.0866 e. The predicted octanol–water partition coefficient (Wildman–Crippen LogP) is 0.431. The molecule has 1 aliphatic rings. The first-order valence-electron chi connectivity index (χ1n) is 5.05. The van der Waals surface area contributed by atoms with Gasteiger partial charge in [-0.1, -0.05) is 0 Å². The highest BCUT2D eigenvalue weighted by Gasteiger charge is 2.13. The van der Waals surface area contributed by atoms with Gasteiger partial charge in [-0.2, -0.15) is 10.5 Å². The Labute approximate surface area is 85.3 Å². The molecule has 0 radical (unpaired) electrons. The average Bonchev–Trinajstić information content (AvgIpc) is 2.41. The molecule has 1 rings (SSSR count). The second-order valence-corrected chi connectivity index (χ2v) is 3.54. The molecule has 0 aromatic heterocycles. The summed E-state index contributed by atoms with van der Waals surface area (Å²) in [6.07, 6.45) is 1.71. The van der Waals surface area contributed by atoms with E-state index in [1.54, 1.807) is 0 Å². The van der Waals surface area contributed by atoms with Crippen molar-refractivity contribution in [1.29, 1.82) is 10.5 Å². The lowest BCUT2D eigenvalue weighted by Gasteiger charge is -2.18. The summed E-state index contributed by atoms with van der Waals surface area (Å²) < 4.78 is 0. The Hall–Kier alpha value is -1.10. The van der Waals surface area contributed by atoms with E-state index in [2.05, 4.69) is 21.9 Å². The maximum absolute atomic E-state index is 8.57.